The molecule has 0 aliphatic heterocycles. The second-order valence-electron chi connectivity index (χ2n) is 1.74. The van der Waals surface area contributed by atoms with Crippen molar-refractivity contribution in [2.75, 3.05) is 0 Å². The molecule has 5 heavy (non-hydrogen) atoms. The Morgan fingerprint density at radius 1 is 1.80 bits per heavy atom. The molecule has 0 radical (unpaired) electrons. The van der Waals surface area contributed by atoms with E-state index in [-0.39, 0.29) is 0 Å². The van der Waals surface area contributed by atoms with E-state index in [9.17, 15) is 0 Å². The fourth-order valence-corrected chi connectivity index (χ4v) is 0.354. The van der Waals surface area contributed by atoms with Gasteiger partial charge in [0.1, 0.15) is 7.85 Å². The number of hydrogen-bond donors (Lipinski definition) is 0. The van der Waals surface area contributed by atoms with Gasteiger partial charge in [0.2, 0.25) is 0 Å². The summed E-state index contributed by atoms with van der Waals surface area (Å²) in [6.45, 7) is 2.18. The predicted octanol–water partition coefficient (Wildman–Crippen LogP) is 0.297. The minimum atomic E-state index is 1.31. The van der Waals surface area contributed by atoms with Gasteiger partial charge in [-0.1, -0.05) is 5.57 Å². The van der Waals surface area contributed by atoms with Crippen molar-refractivity contribution in [2.45, 2.75) is 13.3 Å². The molecule has 0 amide bonds. The standard InChI is InChI=1S/C4H7B/c1-3-2-4(3)5/h2,5H2,1H3. The molecule has 0 nitrogen and oxygen atoms in total. The first-order valence-corrected chi connectivity index (χ1v) is 1.96. The lowest BCUT2D eigenvalue weighted by Gasteiger charge is -1.47. The van der Waals surface area contributed by atoms with Crippen LogP contribution in [0, 0.1) is 0 Å². The third kappa shape index (κ3) is 0.368. The maximum absolute atomic E-state index is 2.18. The molecule has 0 unspecified atom stereocenters. The highest BCUT2D eigenvalue weighted by atomic mass is 14.1. The molecule has 0 atom stereocenters. The molecule has 0 aromatic heterocycles. The largest absolute Gasteiger partial charge is 0.134 e. The number of rotatable bonds is 0. The quantitative estimate of drug-likeness (QED) is 0.356. The van der Waals surface area contributed by atoms with Crippen LogP contribution in [0.5, 0.6) is 0 Å². The molecule has 1 aliphatic rings. The van der Waals surface area contributed by atoms with Crippen LogP contribution in [-0.2, 0) is 0 Å². The van der Waals surface area contributed by atoms with Crippen LogP contribution in [-0.4, -0.2) is 7.85 Å². The van der Waals surface area contributed by atoms with Crippen LogP contribution in [0.1, 0.15) is 13.3 Å². The van der Waals surface area contributed by atoms with Gasteiger partial charge in [0.15, 0.2) is 0 Å². The zero-order valence-corrected chi connectivity index (χ0v) is 3.71. The first-order chi connectivity index (χ1) is 2.30. The summed E-state index contributed by atoms with van der Waals surface area (Å²) in [4.78, 5) is 0. The van der Waals surface area contributed by atoms with Gasteiger partial charge >= 0.3 is 0 Å². The summed E-state index contributed by atoms with van der Waals surface area (Å²) < 4.78 is 0. The van der Waals surface area contributed by atoms with E-state index in [1.807, 2.05) is 0 Å². The molecular formula is C4H7B. The lowest BCUT2D eigenvalue weighted by molar-refractivity contribution is 1.48. The minimum absolute atomic E-state index is 1.31. The van der Waals surface area contributed by atoms with E-state index in [1.165, 1.54) is 6.42 Å². The molecule has 0 saturated heterocycles. The topological polar surface area (TPSA) is 0 Å². The van der Waals surface area contributed by atoms with Crippen molar-refractivity contribution < 1.29 is 0 Å². The van der Waals surface area contributed by atoms with E-state index in [0.29, 0.717) is 0 Å². The van der Waals surface area contributed by atoms with Gasteiger partial charge in [0, 0.05) is 0 Å². The molecule has 0 heterocycles. The van der Waals surface area contributed by atoms with Gasteiger partial charge in [-0.05, 0) is 13.3 Å². The molecule has 1 heteroatoms. The highest BCUT2D eigenvalue weighted by Gasteiger charge is 2.07. The average Bonchev–Trinajstić information content (AvgIpc) is 1.79. The molecule has 0 bridgehead atoms. The highest BCUT2D eigenvalue weighted by molar-refractivity contribution is 6.25. The third-order valence-electron chi connectivity index (χ3n) is 1.13. The molecule has 1 rings (SSSR count). The summed E-state index contributed by atoms with van der Waals surface area (Å²) in [6.07, 6.45) is 1.31. The summed E-state index contributed by atoms with van der Waals surface area (Å²) in [6, 6.07) is 0. The van der Waals surface area contributed by atoms with Gasteiger partial charge < -0.3 is 0 Å². The number of allylic oxidation sites excluding steroid dienone is 2. The Bertz CT molecular complexity index is 71.6. The molecule has 0 spiro atoms. The van der Waals surface area contributed by atoms with Crippen molar-refractivity contribution in [2.24, 2.45) is 0 Å². The van der Waals surface area contributed by atoms with Crippen LogP contribution in [0.15, 0.2) is 11.0 Å². The van der Waals surface area contributed by atoms with Crippen molar-refractivity contribution >= 4 is 7.85 Å². The molecule has 1 aliphatic carbocycles. The Morgan fingerprint density at radius 3 is 2.00 bits per heavy atom. The summed E-state index contributed by atoms with van der Waals surface area (Å²) >= 11 is 0. The van der Waals surface area contributed by atoms with E-state index in [0.717, 1.165) is 0 Å². The lowest BCUT2D eigenvalue weighted by atomic mass is 10.1. The molecule has 0 saturated carbocycles. The summed E-state index contributed by atoms with van der Waals surface area (Å²) in [5.74, 6) is 0. The Hall–Kier alpha value is -0.195. The molecule has 0 N–H and O–H groups in total. The predicted molar refractivity (Wildman–Crippen MR) is 25.9 cm³/mol. The maximum atomic E-state index is 2.18. The maximum Gasteiger partial charge on any atom is 0.134 e. The third-order valence-corrected chi connectivity index (χ3v) is 1.13. The summed E-state index contributed by atoms with van der Waals surface area (Å²) in [7, 11) is 2.18. The van der Waals surface area contributed by atoms with Crippen molar-refractivity contribution in [1.29, 1.82) is 0 Å². The zero-order valence-electron chi connectivity index (χ0n) is 3.71. The zero-order chi connectivity index (χ0) is 3.86. The van der Waals surface area contributed by atoms with Crippen molar-refractivity contribution in [1.82, 2.24) is 0 Å². The van der Waals surface area contributed by atoms with Crippen molar-refractivity contribution in [3.05, 3.63) is 11.0 Å². The van der Waals surface area contributed by atoms with Gasteiger partial charge in [0.25, 0.3) is 0 Å². The molecule has 0 aromatic carbocycles. The Balaban J connectivity index is 2.59. The van der Waals surface area contributed by atoms with E-state index >= 15 is 0 Å². The van der Waals surface area contributed by atoms with Crippen molar-refractivity contribution in [3.8, 4) is 0 Å². The van der Waals surface area contributed by atoms with E-state index < -0.39 is 0 Å². The van der Waals surface area contributed by atoms with Crippen molar-refractivity contribution in [3.63, 3.8) is 0 Å². The highest BCUT2D eigenvalue weighted by Crippen LogP contribution is 2.25. The van der Waals surface area contributed by atoms with E-state index in [1.54, 1.807) is 11.0 Å². The van der Waals surface area contributed by atoms with Crippen LogP contribution in [0.4, 0.5) is 0 Å². The average molecular weight is 65.9 g/mol. The molecule has 26 valence electrons. The van der Waals surface area contributed by atoms with Gasteiger partial charge in [-0.15, -0.1) is 5.47 Å². The van der Waals surface area contributed by atoms with Crippen LogP contribution >= 0.6 is 0 Å². The lowest BCUT2D eigenvalue weighted by Crippen LogP contribution is -1.44. The second-order valence-corrected chi connectivity index (χ2v) is 1.74. The first kappa shape index (κ1) is 3.01. The first-order valence-electron chi connectivity index (χ1n) is 1.96. The Labute approximate surface area is 33.3 Å². The monoisotopic (exact) mass is 66.1 g/mol. The second kappa shape index (κ2) is 0.646. The molecule has 0 fully saturated rings. The van der Waals surface area contributed by atoms with Crippen LogP contribution < -0.4 is 0 Å². The van der Waals surface area contributed by atoms with E-state index in [4.69, 9.17) is 0 Å². The van der Waals surface area contributed by atoms with Gasteiger partial charge in [-0.2, -0.15) is 0 Å². The normalized spacial score (nSPS) is 20.2. The SMILES string of the molecule is BC1=C(C)C1. The van der Waals surface area contributed by atoms with Gasteiger partial charge in [-0.25, -0.2) is 0 Å². The molecular weight excluding hydrogens is 58.9 g/mol. The fourth-order valence-electron chi connectivity index (χ4n) is 0.354. The summed E-state index contributed by atoms with van der Waals surface area (Å²) in [5.41, 5.74) is 3.18. The Morgan fingerprint density at radius 2 is 2.00 bits per heavy atom. The number of hydrogen-bond acceptors (Lipinski definition) is 0. The Kier molecular flexibility index (Phi) is 0.390. The smallest absolute Gasteiger partial charge is 0.107 e. The van der Waals surface area contributed by atoms with E-state index in [2.05, 4.69) is 14.8 Å². The van der Waals surface area contributed by atoms with Crippen LogP contribution in [0.3, 0.4) is 0 Å². The van der Waals surface area contributed by atoms with Crippen LogP contribution in [0.25, 0.3) is 0 Å². The minimum Gasteiger partial charge on any atom is -0.107 e. The van der Waals surface area contributed by atoms with Gasteiger partial charge in [-0.3, -0.25) is 0 Å². The van der Waals surface area contributed by atoms with Crippen LogP contribution in [0.2, 0.25) is 0 Å². The fraction of sp³-hybridized carbons (Fsp3) is 0.500. The van der Waals surface area contributed by atoms with Gasteiger partial charge in [0.05, 0.1) is 0 Å². The summed E-state index contributed by atoms with van der Waals surface area (Å²) in [5, 5.41) is 0. The molecule has 0 aromatic rings.